The highest BCUT2D eigenvalue weighted by atomic mass is 15.2. The molecular weight excluding hydrogens is 488 g/mol. The molecule has 0 aliphatic rings. The average molecular weight is 517 g/mol. The average Bonchev–Trinajstić information content (AvgIpc) is 3.61. The second-order valence-electron chi connectivity index (χ2n) is 10.5. The highest BCUT2D eigenvalue weighted by molar-refractivity contribution is 6.12. The van der Waals surface area contributed by atoms with Crippen LogP contribution in [-0.4, -0.2) is 19.2 Å². The minimum Gasteiger partial charge on any atom is -0.309 e. The highest BCUT2D eigenvalue weighted by Gasteiger charge is 2.17. The molecule has 5 aromatic carbocycles. The van der Waals surface area contributed by atoms with Crippen LogP contribution in [-0.2, 0) is 12.8 Å². The predicted octanol–water partition coefficient (Wildman–Crippen LogP) is 8.92. The summed E-state index contributed by atoms with van der Waals surface area (Å²) >= 11 is 0. The van der Waals surface area contributed by atoms with Gasteiger partial charge < -0.3 is 4.57 Å². The van der Waals surface area contributed by atoms with Gasteiger partial charge in [-0.05, 0) is 84.0 Å². The SMILES string of the molecule is CCc1ccc2c(c1)c1cc(CC)ccc1n2-c1ccc(-c2nnc3c4ccccc4c4ccccc4n23)cc1. The molecule has 0 unspecified atom stereocenters. The lowest BCUT2D eigenvalue weighted by Crippen LogP contribution is -1.96. The molecule has 4 nitrogen and oxygen atoms in total. The molecule has 192 valence electrons. The van der Waals surface area contributed by atoms with Crippen LogP contribution >= 0.6 is 0 Å². The van der Waals surface area contributed by atoms with E-state index in [4.69, 9.17) is 5.10 Å². The largest absolute Gasteiger partial charge is 0.309 e. The summed E-state index contributed by atoms with van der Waals surface area (Å²) in [5, 5.41) is 15.5. The number of para-hydroxylation sites is 1. The number of aryl methyl sites for hydroxylation is 2. The van der Waals surface area contributed by atoms with E-state index in [0.29, 0.717) is 0 Å². The summed E-state index contributed by atoms with van der Waals surface area (Å²) in [6.45, 7) is 4.44. The number of hydrogen-bond donors (Lipinski definition) is 0. The number of pyridine rings is 1. The monoisotopic (exact) mass is 516 g/mol. The van der Waals surface area contributed by atoms with Crippen LogP contribution in [0.25, 0.3) is 66.2 Å². The van der Waals surface area contributed by atoms with Gasteiger partial charge in [-0.3, -0.25) is 4.40 Å². The minimum atomic E-state index is 0.853. The minimum absolute atomic E-state index is 0.853. The fourth-order valence-electron chi connectivity index (χ4n) is 6.28. The van der Waals surface area contributed by atoms with Crippen LogP contribution in [0.1, 0.15) is 25.0 Å². The maximum absolute atomic E-state index is 4.70. The van der Waals surface area contributed by atoms with E-state index in [2.05, 4.69) is 137 Å². The first-order valence-corrected chi connectivity index (χ1v) is 14.1. The molecule has 4 heteroatoms. The number of nitrogens with zero attached hydrogens (tertiary/aromatic N) is 4. The first kappa shape index (κ1) is 23.0. The molecule has 0 N–H and O–H groups in total. The zero-order chi connectivity index (χ0) is 26.8. The Hall–Kier alpha value is -4.96. The number of fused-ring (bicyclic) bond motifs is 9. The smallest absolute Gasteiger partial charge is 0.169 e. The van der Waals surface area contributed by atoms with E-state index in [-0.39, 0.29) is 0 Å². The molecule has 0 saturated heterocycles. The van der Waals surface area contributed by atoms with Crippen molar-refractivity contribution < 1.29 is 0 Å². The first-order chi connectivity index (χ1) is 19.7. The Bertz CT molecular complexity index is 2170. The molecule has 0 atom stereocenters. The van der Waals surface area contributed by atoms with Crippen LogP contribution < -0.4 is 0 Å². The topological polar surface area (TPSA) is 35.1 Å². The van der Waals surface area contributed by atoms with Crippen molar-refractivity contribution in [3.63, 3.8) is 0 Å². The fraction of sp³-hybridized carbons (Fsp3) is 0.111. The summed E-state index contributed by atoms with van der Waals surface area (Å²) in [5.74, 6) is 0.853. The van der Waals surface area contributed by atoms with Gasteiger partial charge in [0.15, 0.2) is 11.5 Å². The van der Waals surface area contributed by atoms with Gasteiger partial charge in [0.2, 0.25) is 0 Å². The third-order valence-electron chi connectivity index (χ3n) is 8.36. The first-order valence-electron chi connectivity index (χ1n) is 14.1. The Morgan fingerprint density at radius 1 is 0.525 bits per heavy atom. The summed E-state index contributed by atoms with van der Waals surface area (Å²) in [6.07, 6.45) is 2.06. The van der Waals surface area contributed by atoms with Crippen LogP contribution in [0.3, 0.4) is 0 Å². The standard InChI is InChI=1S/C36H28N4/c1-3-23-13-19-33-30(21-23)31-22-24(4-2)14-20-34(31)39(33)26-17-15-25(16-18-26)35-37-38-36-29-11-6-5-9-27(29)28-10-7-8-12-32(28)40(35)36/h5-22H,3-4H2,1-2H3. The van der Waals surface area contributed by atoms with Crippen LogP contribution in [0.2, 0.25) is 0 Å². The molecule has 3 heterocycles. The lowest BCUT2D eigenvalue weighted by Gasteiger charge is -2.11. The number of aromatic nitrogens is 4. The van der Waals surface area contributed by atoms with Gasteiger partial charge in [-0.25, -0.2) is 0 Å². The Labute approximate surface area is 232 Å². The maximum atomic E-state index is 4.70. The van der Waals surface area contributed by atoms with E-state index in [1.165, 1.54) is 43.7 Å². The normalized spacial score (nSPS) is 11.9. The van der Waals surface area contributed by atoms with Crippen molar-refractivity contribution >= 4 is 49.1 Å². The van der Waals surface area contributed by atoms with Crippen molar-refractivity contribution in [2.24, 2.45) is 0 Å². The third kappa shape index (κ3) is 3.26. The number of hydrogen-bond acceptors (Lipinski definition) is 2. The van der Waals surface area contributed by atoms with Crippen molar-refractivity contribution in [2.45, 2.75) is 26.7 Å². The van der Waals surface area contributed by atoms with Gasteiger partial charge in [-0.1, -0.05) is 68.4 Å². The Balaban J connectivity index is 1.33. The third-order valence-corrected chi connectivity index (χ3v) is 8.36. The Morgan fingerprint density at radius 2 is 1.12 bits per heavy atom. The van der Waals surface area contributed by atoms with Crippen LogP contribution in [0, 0.1) is 0 Å². The van der Waals surface area contributed by atoms with Gasteiger partial charge in [0.05, 0.1) is 16.6 Å². The quantitative estimate of drug-likeness (QED) is 0.219. The lowest BCUT2D eigenvalue weighted by atomic mass is 10.1. The van der Waals surface area contributed by atoms with Crippen LogP contribution in [0.15, 0.2) is 109 Å². The molecule has 40 heavy (non-hydrogen) atoms. The van der Waals surface area contributed by atoms with Crippen LogP contribution in [0.5, 0.6) is 0 Å². The van der Waals surface area contributed by atoms with Crippen molar-refractivity contribution in [1.29, 1.82) is 0 Å². The Kier molecular flexibility index (Phi) is 5.05. The second-order valence-corrected chi connectivity index (χ2v) is 10.5. The summed E-state index contributed by atoms with van der Waals surface area (Å²) in [6, 6.07) is 39.5. The lowest BCUT2D eigenvalue weighted by molar-refractivity contribution is 1.11. The van der Waals surface area contributed by atoms with Gasteiger partial charge in [0, 0.05) is 32.8 Å². The highest BCUT2D eigenvalue weighted by Crippen LogP contribution is 2.35. The van der Waals surface area contributed by atoms with E-state index in [1.807, 2.05) is 0 Å². The van der Waals surface area contributed by atoms with Crippen LogP contribution in [0.4, 0.5) is 0 Å². The molecule has 0 bridgehead atoms. The molecule has 8 rings (SSSR count). The van der Waals surface area contributed by atoms with Gasteiger partial charge in [0.25, 0.3) is 0 Å². The van der Waals surface area contributed by atoms with E-state index < -0.39 is 0 Å². The molecule has 8 aromatic rings. The van der Waals surface area contributed by atoms with Crippen molar-refractivity contribution in [1.82, 2.24) is 19.2 Å². The maximum Gasteiger partial charge on any atom is 0.169 e. The van der Waals surface area contributed by atoms with E-state index in [1.54, 1.807) is 0 Å². The summed E-state index contributed by atoms with van der Waals surface area (Å²) < 4.78 is 4.59. The number of benzene rings is 5. The van der Waals surface area contributed by atoms with E-state index >= 15 is 0 Å². The molecule has 0 aliphatic heterocycles. The van der Waals surface area contributed by atoms with Crippen molar-refractivity contribution in [3.8, 4) is 17.1 Å². The van der Waals surface area contributed by atoms with E-state index in [0.717, 1.165) is 46.5 Å². The molecule has 3 aromatic heterocycles. The Morgan fingerprint density at radius 3 is 1.77 bits per heavy atom. The zero-order valence-corrected chi connectivity index (χ0v) is 22.6. The van der Waals surface area contributed by atoms with Gasteiger partial charge >= 0.3 is 0 Å². The zero-order valence-electron chi connectivity index (χ0n) is 22.6. The molecule has 0 spiro atoms. The molecule has 0 saturated carbocycles. The van der Waals surface area contributed by atoms with E-state index in [9.17, 15) is 0 Å². The van der Waals surface area contributed by atoms with Crippen molar-refractivity contribution in [3.05, 3.63) is 120 Å². The summed E-state index contributed by atoms with van der Waals surface area (Å²) in [5.41, 5.74) is 9.37. The van der Waals surface area contributed by atoms with Gasteiger partial charge in [-0.2, -0.15) is 0 Å². The van der Waals surface area contributed by atoms with Gasteiger partial charge in [-0.15, -0.1) is 10.2 Å². The van der Waals surface area contributed by atoms with Crippen molar-refractivity contribution in [2.75, 3.05) is 0 Å². The molecule has 0 radical (unpaired) electrons. The predicted molar refractivity (Wildman–Crippen MR) is 167 cm³/mol. The fourth-order valence-corrected chi connectivity index (χ4v) is 6.28. The summed E-state index contributed by atoms with van der Waals surface area (Å²) in [7, 11) is 0. The molecule has 0 amide bonds. The molecule has 0 fully saturated rings. The second kappa shape index (κ2) is 8.78. The number of rotatable bonds is 4. The molecule has 0 aliphatic carbocycles. The molecular formula is C36H28N4. The van der Waals surface area contributed by atoms with Gasteiger partial charge in [0.1, 0.15) is 0 Å². The summed E-state index contributed by atoms with van der Waals surface area (Å²) in [4.78, 5) is 0.